The van der Waals surface area contributed by atoms with Crippen molar-refractivity contribution < 1.29 is 9.53 Å². The topological polar surface area (TPSA) is 64.4 Å². The Kier molecular flexibility index (Phi) is 6.91. The molecule has 0 saturated carbocycles. The standard InChI is InChI=1S/C16H26N2O2/c1-4-6-8-12(5-2)11-18-16(19)15-13(17)9-7-10-14(15)20-3/h7,9-10,12H,4-6,8,11,17H2,1-3H3,(H,18,19). The first kappa shape index (κ1) is 16.3. The molecular formula is C16H26N2O2. The van der Waals surface area contributed by atoms with Gasteiger partial charge in [-0.25, -0.2) is 0 Å². The number of anilines is 1. The number of rotatable bonds is 8. The number of nitrogen functional groups attached to an aromatic ring is 1. The van der Waals surface area contributed by atoms with E-state index in [9.17, 15) is 4.79 Å². The Morgan fingerprint density at radius 2 is 2.15 bits per heavy atom. The predicted molar refractivity (Wildman–Crippen MR) is 83.0 cm³/mol. The van der Waals surface area contributed by atoms with E-state index in [1.165, 1.54) is 12.8 Å². The molecule has 0 fully saturated rings. The average Bonchev–Trinajstić information content (AvgIpc) is 2.46. The zero-order chi connectivity index (χ0) is 15.0. The monoisotopic (exact) mass is 278 g/mol. The summed E-state index contributed by atoms with van der Waals surface area (Å²) in [6, 6.07) is 5.24. The van der Waals surface area contributed by atoms with Gasteiger partial charge in [0.25, 0.3) is 5.91 Å². The van der Waals surface area contributed by atoms with Gasteiger partial charge in [-0.2, -0.15) is 0 Å². The molecule has 4 nitrogen and oxygen atoms in total. The van der Waals surface area contributed by atoms with Gasteiger partial charge in [0, 0.05) is 12.2 Å². The van der Waals surface area contributed by atoms with Crippen LogP contribution in [0.1, 0.15) is 49.9 Å². The second-order valence-corrected chi connectivity index (χ2v) is 5.05. The molecule has 0 heterocycles. The number of nitrogens with two attached hydrogens (primary N) is 1. The van der Waals surface area contributed by atoms with Gasteiger partial charge >= 0.3 is 0 Å². The van der Waals surface area contributed by atoms with Gasteiger partial charge in [-0.15, -0.1) is 0 Å². The Morgan fingerprint density at radius 3 is 2.75 bits per heavy atom. The molecule has 20 heavy (non-hydrogen) atoms. The smallest absolute Gasteiger partial charge is 0.257 e. The van der Waals surface area contributed by atoms with Crippen LogP contribution in [-0.2, 0) is 0 Å². The summed E-state index contributed by atoms with van der Waals surface area (Å²) in [6.07, 6.45) is 4.60. The van der Waals surface area contributed by atoms with Crippen molar-refractivity contribution in [1.82, 2.24) is 5.32 Å². The number of hydrogen-bond acceptors (Lipinski definition) is 3. The molecule has 0 aromatic heterocycles. The summed E-state index contributed by atoms with van der Waals surface area (Å²) >= 11 is 0. The second kappa shape index (κ2) is 8.46. The highest BCUT2D eigenvalue weighted by Gasteiger charge is 2.16. The fourth-order valence-electron chi connectivity index (χ4n) is 2.23. The summed E-state index contributed by atoms with van der Waals surface area (Å²) < 4.78 is 5.20. The number of unbranched alkanes of at least 4 members (excludes halogenated alkanes) is 1. The molecule has 1 aromatic rings. The Bertz CT molecular complexity index is 432. The lowest BCUT2D eigenvalue weighted by Gasteiger charge is -2.16. The zero-order valence-corrected chi connectivity index (χ0v) is 12.7. The molecule has 3 N–H and O–H groups in total. The average molecular weight is 278 g/mol. The van der Waals surface area contributed by atoms with E-state index < -0.39 is 0 Å². The van der Waals surface area contributed by atoms with E-state index in [1.807, 2.05) is 0 Å². The van der Waals surface area contributed by atoms with E-state index in [2.05, 4.69) is 19.2 Å². The van der Waals surface area contributed by atoms with Crippen LogP contribution in [0.4, 0.5) is 5.69 Å². The first-order chi connectivity index (χ1) is 9.63. The molecule has 4 heteroatoms. The minimum Gasteiger partial charge on any atom is -0.496 e. The third-order valence-electron chi connectivity index (χ3n) is 3.60. The fraction of sp³-hybridized carbons (Fsp3) is 0.562. The molecule has 1 atom stereocenters. The molecule has 1 amide bonds. The highest BCUT2D eigenvalue weighted by Crippen LogP contribution is 2.24. The van der Waals surface area contributed by atoms with Gasteiger partial charge in [0.1, 0.15) is 11.3 Å². The van der Waals surface area contributed by atoms with Gasteiger partial charge in [0.15, 0.2) is 0 Å². The molecule has 0 radical (unpaired) electrons. The van der Waals surface area contributed by atoms with Crippen LogP contribution < -0.4 is 15.8 Å². The highest BCUT2D eigenvalue weighted by molar-refractivity contribution is 6.01. The first-order valence-electron chi connectivity index (χ1n) is 7.34. The minimum absolute atomic E-state index is 0.158. The van der Waals surface area contributed by atoms with E-state index in [4.69, 9.17) is 10.5 Å². The third kappa shape index (κ3) is 4.44. The van der Waals surface area contributed by atoms with Crippen LogP contribution in [0.15, 0.2) is 18.2 Å². The van der Waals surface area contributed by atoms with Crippen molar-refractivity contribution in [3.05, 3.63) is 23.8 Å². The van der Waals surface area contributed by atoms with Gasteiger partial charge in [0.05, 0.1) is 7.11 Å². The summed E-state index contributed by atoms with van der Waals surface area (Å²) in [6.45, 7) is 5.03. The fourth-order valence-corrected chi connectivity index (χ4v) is 2.23. The minimum atomic E-state index is -0.158. The van der Waals surface area contributed by atoms with Crippen molar-refractivity contribution in [2.45, 2.75) is 39.5 Å². The quantitative estimate of drug-likeness (QED) is 0.718. The summed E-state index contributed by atoms with van der Waals surface area (Å²) in [5.41, 5.74) is 6.75. The van der Waals surface area contributed by atoms with Crippen molar-refractivity contribution in [2.24, 2.45) is 5.92 Å². The maximum absolute atomic E-state index is 12.3. The Morgan fingerprint density at radius 1 is 1.40 bits per heavy atom. The Balaban J connectivity index is 2.67. The summed E-state index contributed by atoms with van der Waals surface area (Å²) in [5, 5.41) is 2.98. The summed E-state index contributed by atoms with van der Waals surface area (Å²) in [4.78, 5) is 12.3. The van der Waals surface area contributed by atoms with Crippen LogP contribution >= 0.6 is 0 Å². The molecule has 112 valence electrons. The maximum Gasteiger partial charge on any atom is 0.257 e. The second-order valence-electron chi connectivity index (χ2n) is 5.05. The zero-order valence-electron chi connectivity index (χ0n) is 12.7. The molecule has 0 aliphatic carbocycles. The number of carbonyl (C=O) groups is 1. The van der Waals surface area contributed by atoms with Crippen molar-refractivity contribution in [3.8, 4) is 5.75 Å². The number of ether oxygens (including phenoxy) is 1. The van der Waals surface area contributed by atoms with Crippen LogP contribution in [0.25, 0.3) is 0 Å². The molecule has 0 aliphatic heterocycles. The van der Waals surface area contributed by atoms with Crippen molar-refractivity contribution in [3.63, 3.8) is 0 Å². The molecule has 0 bridgehead atoms. The normalized spacial score (nSPS) is 11.9. The van der Waals surface area contributed by atoms with E-state index in [0.29, 0.717) is 29.5 Å². The molecule has 0 aliphatic rings. The van der Waals surface area contributed by atoms with Crippen LogP contribution in [-0.4, -0.2) is 19.6 Å². The third-order valence-corrected chi connectivity index (χ3v) is 3.60. The van der Waals surface area contributed by atoms with Gasteiger partial charge in [0.2, 0.25) is 0 Å². The lowest BCUT2D eigenvalue weighted by molar-refractivity contribution is 0.0943. The van der Waals surface area contributed by atoms with Gasteiger partial charge in [-0.05, 0) is 24.5 Å². The summed E-state index contributed by atoms with van der Waals surface area (Å²) in [7, 11) is 1.54. The van der Waals surface area contributed by atoms with Crippen LogP contribution in [0, 0.1) is 5.92 Å². The lowest BCUT2D eigenvalue weighted by atomic mass is 9.99. The van der Waals surface area contributed by atoms with E-state index in [1.54, 1.807) is 25.3 Å². The van der Waals surface area contributed by atoms with E-state index >= 15 is 0 Å². The van der Waals surface area contributed by atoms with Crippen LogP contribution in [0.5, 0.6) is 5.75 Å². The van der Waals surface area contributed by atoms with Gasteiger partial charge in [-0.3, -0.25) is 4.79 Å². The number of amides is 1. The van der Waals surface area contributed by atoms with Crippen molar-refractivity contribution in [2.75, 3.05) is 19.4 Å². The number of nitrogens with one attached hydrogen (secondary N) is 1. The van der Waals surface area contributed by atoms with Crippen LogP contribution in [0.3, 0.4) is 0 Å². The molecular weight excluding hydrogens is 252 g/mol. The predicted octanol–water partition coefficient (Wildman–Crippen LogP) is 3.22. The Labute approximate surface area is 121 Å². The summed E-state index contributed by atoms with van der Waals surface area (Å²) in [5.74, 6) is 0.883. The highest BCUT2D eigenvalue weighted by atomic mass is 16.5. The van der Waals surface area contributed by atoms with Crippen LogP contribution in [0.2, 0.25) is 0 Å². The van der Waals surface area contributed by atoms with Crippen molar-refractivity contribution in [1.29, 1.82) is 0 Å². The molecule has 1 aromatic carbocycles. The molecule has 0 spiro atoms. The Hall–Kier alpha value is -1.71. The van der Waals surface area contributed by atoms with E-state index in [0.717, 1.165) is 12.8 Å². The SMILES string of the molecule is CCCCC(CC)CNC(=O)c1c(N)cccc1OC. The molecule has 1 rings (SSSR count). The van der Waals surface area contributed by atoms with E-state index in [-0.39, 0.29) is 5.91 Å². The maximum atomic E-state index is 12.3. The number of hydrogen-bond donors (Lipinski definition) is 2. The largest absolute Gasteiger partial charge is 0.496 e. The first-order valence-corrected chi connectivity index (χ1v) is 7.34. The van der Waals surface area contributed by atoms with Gasteiger partial charge in [-0.1, -0.05) is 39.2 Å². The van der Waals surface area contributed by atoms with Gasteiger partial charge < -0.3 is 15.8 Å². The molecule has 0 saturated heterocycles. The number of carbonyl (C=O) groups excluding carboxylic acids is 1. The number of methoxy groups -OCH3 is 1. The lowest BCUT2D eigenvalue weighted by Crippen LogP contribution is -2.30. The van der Waals surface area contributed by atoms with Crippen molar-refractivity contribution >= 4 is 11.6 Å². The number of benzene rings is 1. The molecule has 1 unspecified atom stereocenters.